The van der Waals surface area contributed by atoms with Gasteiger partial charge in [0.25, 0.3) is 0 Å². The maximum Gasteiger partial charge on any atom is 0.119 e. The summed E-state index contributed by atoms with van der Waals surface area (Å²) in [5, 5.41) is 10.4. The van der Waals surface area contributed by atoms with Crippen LogP contribution < -0.4 is 4.74 Å². The molecule has 0 spiro atoms. The Labute approximate surface area is 153 Å². The number of rotatable bonds is 9. The molecule has 5 heteroatoms. The highest BCUT2D eigenvalue weighted by Crippen LogP contribution is 2.17. The first kappa shape index (κ1) is 18.3. The summed E-state index contributed by atoms with van der Waals surface area (Å²) in [6, 6.07) is 13.6. The maximum atomic E-state index is 10.4. The summed E-state index contributed by atoms with van der Waals surface area (Å²) in [4.78, 5) is 2.08. The minimum atomic E-state index is -0.624. The van der Waals surface area contributed by atoms with Crippen LogP contribution in [0.25, 0.3) is 0 Å². The Balaban J connectivity index is 1.57. The van der Waals surface area contributed by atoms with Crippen molar-refractivity contribution >= 4 is 0 Å². The van der Waals surface area contributed by atoms with Crippen LogP contribution in [-0.4, -0.2) is 29.3 Å². The molecule has 0 aliphatic heterocycles. The number of benzene rings is 1. The van der Waals surface area contributed by atoms with Crippen molar-refractivity contribution in [3.05, 3.63) is 77.6 Å². The van der Waals surface area contributed by atoms with Gasteiger partial charge in [-0.2, -0.15) is 0 Å². The van der Waals surface area contributed by atoms with Gasteiger partial charge in [-0.1, -0.05) is 6.07 Å². The lowest BCUT2D eigenvalue weighted by atomic mass is 10.1. The summed E-state index contributed by atoms with van der Waals surface area (Å²) >= 11 is 0. The van der Waals surface area contributed by atoms with Crippen molar-refractivity contribution in [1.82, 2.24) is 4.90 Å². The lowest BCUT2D eigenvalue weighted by Crippen LogP contribution is -2.34. The van der Waals surface area contributed by atoms with Crippen LogP contribution in [0.1, 0.15) is 22.6 Å². The SMILES string of the molecule is Cc1cc(C)cc(OCC(O)CN(Cc2ccco2)Cc2ccco2)c1. The zero-order valence-corrected chi connectivity index (χ0v) is 15.2. The minimum Gasteiger partial charge on any atom is -0.491 e. The van der Waals surface area contributed by atoms with Gasteiger partial charge in [0.2, 0.25) is 0 Å². The van der Waals surface area contributed by atoms with Crippen molar-refractivity contribution in [3.63, 3.8) is 0 Å². The van der Waals surface area contributed by atoms with E-state index in [0.29, 0.717) is 19.6 Å². The molecule has 0 bridgehead atoms. The van der Waals surface area contributed by atoms with Gasteiger partial charge in [0.05, 0.1) is 25.6 Å². The monoisotopic (exact) mass is 355 g/mol. The van der Waals surface area contributed by atoms with Crippen LogP contribution >= 0.6 is 0 Å². The predicted molar refractivity (Wildman–Crippen MR) is 98.9 cm³/mol. The van der Waals surface area contributed by atoms with Gasteiger partial charge in [-0.25, -0.2) is 0 Å². The molecular formula is C21H25NO4. The second-order valence-corrected chi connectivity index (χ2v) is 6.62. The van der Waals surface area contributed by atoms with Crippen molar-refractivity contribution in [2.45, 2.75) is 33.0 Å². The van der Waals surface area contributed by atoms with Gasteiger partial charge in [-0.05, 0) is 61.4 Å². The molecule has 0 aliphatic carbocycles. The van der Waals surface area contributed by atoms with E-state index in [1.54, 1.807) is 12.5 Å². The fourth-order valence-electron chi connectivity index (χ4n) is 2.99. The number of aryl methyl sites for hydroxylation is 2. The molecule has 1 N–H and O–H groups in total. The van der Waals surface area contributed by atoms with Crippen LogP contribution in [0.4, 0.5) is 0 Å². The van der Waals surface area contributed by atoms with Crippen LogP contribution in [0.5, 0.6) is 5.75 Å². The van der Waals surface area contributed by atoms with Crippen LogP contribution in [0.3, 0.4) is 0 Å². The molecular weight excluding hydrogens is 330 g/mol. The molecule has 138 valence electrons. The summed E-state index contributed by atoms with van der Waals surface area (Å²) in [6.07, 6.45) is 2.68. The summed E-state index contributed by atoms with van der Waals surface area (Å²) in [6.45, 7) is 5.93. The van der Waals surface area contributed by atoms with Gasteiger partial charge in [0.15, 0.2) is 0 Å². The highest BCUT2D eigenvalue weighted by molar-refractivity contribution is 5.33. The Morgan fingerprint density at radius 2 is 1.54 bits per heavy atom. The quantitative estimate of drug-likeness (QED) is 0.630. The Hall–Kier alpha value is -2.50. The molecule has 0 saturated carbocycles. The van der Waals surface area contributed by atoms with Crippen LogP contribution in [-0.2, 0) is 13.1 Å². The topological polar surface area (TPSA) is 59.0 Å². The Bertz CT molecular complexity index is 724. The Kier molecular flexibility index (Phi) is 6.15. The van der Waals surface area contributed by atoms with Crippen LogP contribution in [0.15, 0.2) is 63.8 Å². The van der Waals surface area contributed by atoms with E-state index in [0.717, 1.165) is 28.4 Å². The van der Waals surface area contributed by atoms with Crippen molar-refractivity contribution < 1.29 is 18.7 Å². The number of aliphatic hydroxyl groups excluding tert-OH is 1. The highest BCUT2D eigenvalue weighted by atomic mass is 16.5. The fourth-order valence-corrected chi connectivity index (χ4v) is 2.99. The summed E-state index contributed by atoms with van der Waals surface area (Å²) in [5.41, 5.74) is 2.29. The Morgan fingerprint density at radius 3 is 2.04 bits per heavy atom. The van der Waals surface area contributed by atoms with Gasteiger partial charge < -0.3 is 18.7 Å². The summed E-state index contributed by atoms with van der Waals surface area (Å²) in [7, 11) is 0. The summed E-state index contributed by atoms with van der Waals surface area (Å²) in [5.74, 6) is 2.48. The first-order chi connectivity index (χ1) is 12.6. The van der Waals surface area contributed by atoms with E-state index in [-0.39, 0.29) is 6.61 Å². The normalized spacial score (nSPS) is 12.5. The number of hydrogen-bond acceptors (Lipinski definition) is 5. The Morgan fingerprint density at radius 1 is 0.962 bits per heavy atom. The number of ether oxygens (including phenoxy) is 1. The standard InChI is InChI=1S/C21H25NO4/c1-16-9-17(2)11-21(10-16)26-15-18(23)12-22(13-19-5-3-7-24-19)14-20-6-4-8-25-20/h3-11,18,23H,12-15H2,1-2H3. The number of aliphatic hydroxyl groups is 1. The molecule has 2 heterocycles. The third kappa shape index (κ3) is 5.51. The summed E-state index contributed by atoms with van der Waals surface area (Å²) < 4.78 is 16.6. The fraction of sp³-hybridized carbons (Fsp3) is 0.333. The van der Waals surface area contributed by atoms with E-state index in [2.05, 4.69) is 11.0 Å². The highest BCUT2D eigenvalue weighted by Gasteiger charge is 2.16. The molecule has 0 saturated heterocycles. The number of hydrogen-bond donors (Lipinski definition) is 1. The van der Waals surface area contributed by atoms with Gasteiger partial charge >= 0.3 is 0 Å². The van der Waals surface area contributed by atoms with E-state index >= 15 is 0 Å². The lowest BCUT2D eigenvalue weighted by Gasteiger charge is -2.23. The molecule has 1 atom stereocenters. The second kappa shape index (κ2) is 8.74. The third-order valence-electron chi connectivity index (χ3n) is 4.03. The maximum absolute atomic E-state index is 10.4. The molecule has 26 heavy (non-hydrogen) atoms. The molecule has 0 aliphatic rings. The van der Waals surface area contributed by atoms with Gasteiger partial charge in [0.1, 0.15) is 30.0 Å². The van der Waals surface area contributed by atoms with Crippen LogP contribution in [0, 0.1) is 13.8 Å². The molecule has 3 aromatic rings. The van der Waals surface area contributed by atoms with E-state index in [1.807, 2.05) is 50.2 Å². The third-order valence-corrected chi connectivity index (χ3v) is 4.03. The average Bonchev–Trinajstić information content (AvgIpc) is 3.26. The van der Waals surface area contributed by atoms with Crippen molar-refractivity contribution in [2.75, 3.05) is 13.2 Å². The molecule has 0 amide bonds. The second-order valence-electron chi connectivity index (χ2n) is 6.62. The van der Waals surface area contributed by atoms with Crippen LogP contribution in [0.2, 0.25) is 0 Å². The molecule has 1 unspecified atom stereocenters. The van der Waals surface area contributed by atoms with Gasteiger partial charge in [-0.15, -0.1) is 0 Å². The van der Waals surface area contributed by atoms with E-state index in [4.69, 9.17) is 13.6 Å². The van der Waals surface area contributed by atoms with E-state index in [9.17, 15) is 5.11 Å². The smallest absolute Gasteiger partial charge is 0.119 e. The van der Waals surface area contributed by atoms with Crippen molar-refractivity contribution in [3.8, 4) is 5.75 Å². The molecule has 5 nitrogen and oxygen atoms in total. The number of nitrogens with zero attached hydrogens (tertiary/aromatic N) is 1. The van der Waals surface area contributed by atoms with E-state index in [1.165, 1.54) is 0 Å². The van der Waals surface area contributed by atoms with Crippen molar-refractivity contribution in [1.29, 1.82) is 0 Å². The van der Waals surface area contributed by atoms with E-state index < -0.39 is 6.10 Å². The first-order valence-electron chi connectivity index (χ1n) is 8.75. The zero-order valence-electron chi connectivity index (χ0n) is 15.2. The molecule has 1 aromatic carbocycles. The van der Waals surface area contributed by atoms with Crippen molar-refractivity contribution in [2.24, 2.45) is 0 Å². The predicted octanol–water partition coefficient (Wildman–Crippen LogP) is 3.93. The minimum absolute atomic E-state index is 0.232. The average molecular weight is 355 g/mol. The molecule has 0 fully saturated rings. The zero-order chi connectivity index (χ0) is 18.4. The lowest BCUT2D eigenvalue weighted by molar-refractivity contribution is 0.0579. The molecule has 0 radical (unpaired) electrons. The van der Waals surface area contributed by atoms with Gasteiger partial charge in [0, 0.05) is 6.54 Å². The molecule has 2 aromatic heterocycles. The van der Waals surface area contributed by atoms with Gasteiger partial charge in [-0.3, -0.25) is 4.90 Å². The first-order valence-corrected chi connectivity index (χ1v) is 8.75. The number of furan rings is 2. The largest absolute Gasteiger partial charge is 0.491 e. The molecule has 3 rings (SSSR count).